The Bertz CT molecular complexity index is 588. The maximum absolute atomic E-state index is 5.87. The molecule has 0 amide bonds. The fourth-order valence-corrected chi connectivity index (χ4v) is 2.18. The fourth-order valence-electron chi connectivity index (χ4n) is 1.45. The zero-order chi connectivity index (χ0) is 13.1. The third-order valence-corrected chi connectivity index (χ3v) is 3.30. The van der Waals surface area contributed by atoms with E-state index < -0.39 is 0 Å². The molecule has 0 aromatic heterocycles. The molecule has 3 nitrogen and oxygen atoms in total. The zero-order valence-corrected chi connectivity index (χ0v) is 12.0. The number of hydrogen-bond donors (Lipinski definition) is 1. The second kappa shape index (κ2) is 5.50. The van der Waals surface area contributed by atoms with Gasteiger partial charge in [-0.2, -0.15) is 10.2 Å². The van der Waals surface area contributed by atoms with Crippen LogP contribution < -0.4 is 5.73 Å². The smallest absolute Gasteiger partial charge is 0.0872 e. The lowest BCUT2D eigenvalue weighted by Gasteiger charge is -2.03. The molecular formula is C13H11BrClN3. The predicted octanol–water partition coefficient (Wildman–Crippen LogP) is 5.41. The van der Waals surface area contributed by atoms with Gasteiger partial charge in [0.15, 0.2) is 0 Å². The van der Waals surface area contributed by atoms with Crippen molar-refractivity contribution in [2.24, 2.45) is 10.2 Å². The normalized spacial score (nSPS) is 11.1. The molecule has 5 heteroatoms. The SMILES string of the molecule is Cc1cc(N=Nc2cccc(Cl)c2)cc(Br)c1N. The number of benzene rings is 2. The van der Waals surface area contributed by atoms with Crippen LogP contribution in [0.2, 0.25) is 5.02 Å². The molecule has 0 aliphatic heterocycles. The number of halogens is 2. The van der Waals surface area contributed by atoms with Gasteiger partial charge < -0.3 is 5.73 Å². The predicted molar refractivity (Wildman–Crippen MR) is 78.9 cm³/mol. The van der Waals surface area contributed by atoms with Crippen molar-refractivity contribution in [3.05, 3.63) is 51.5 Å². The van der Waals surface area contributed by atoms with Crippen LogP contribution in [0.25, 0.3) is 0 Å². The molecule has 0 fully saturated rings. The molecular weight excluding hydrogens is 314 g/mol. The van der Waals surface area contributed by atoms with Crippen molar-refractivity contribution in [1.82, 2.24) is 0 Å². The van der Waals surface area contributed by atoms with Crippen LogP contribution in [0, 0.1) is 6.92 Å². The summed E-state index contributed by atoms with van der Waals surface area (Å²) in [6.07, 6.45) is 0. The van der Waals surface area contributed by atoms with Gasteiger partial charge in [-0.1, -0.05) is 17.7 Å². The number of anilines is 1. The van der Waals surface area contributed by atoms with Crippen LogP contribution in [-0.2, 0) is 0 Å². The summed E-state index contributed by atoms with van der Waals surface area (Å²) in [5.41, 5.74) is 8.98. The topological polar surface area (TPSA) is 50.7 Å². The Kier molecular flexibility index (Phi) is 3.99. The molecule has 0 aliphatic carbocycles. The molecule has 0 bridgehead atoms. The molecule has 0 unspecified atom stereocenters. The van der Waals surface area contributed by atoms with E-state index >= 15 is 0 Å². The summed E-state index contributed by atoms with van der Waals surface area (Å²) < 4.78 is 0.822. The minimum Gasteiger partial charge on any atom is -0.398 e. The van der Waals surface area contributed by atoms with Gasteiger partial charge in [0.05, 0.1) is 11.4 Å². The van der Waals surface area contributed by atoms with E-state index in [2.05, 4.69) is 26.2 Å². The highest BCUT2D eigenvalue weighted by Crippen LogP contribution is 2.30. The number of aryl methyl sites for hydroxylation is 1. The average molecular weight is 325 g/mol. The average Bonchev–Trinajstić information content (AvgIpc) is 2.33. The number of nitrogens with two attached hydrogens (primary N) is 1. The first-order valence-electron chi connectivity index (χ1n) is 5.29. The van der Waals surface area contributed by atoms with Gasteiger partial charge >= 0.3 is 0 Å². The minimum atomic E-state index is 0.640. The van der Waals surface area contributed by atoms with E-state index in [0.717, 1.165) is 21.4 Å². The van der Waals surface area contributed by atoms with Crippen LogP contribution in [0.5, 0.6) is 0 Å². The summed E-state index contributed by atoms with van der Waals surface area (Å²) in [6, 6.07) is 10.9. The number of nitrogen functional groups attached to an aromatic ring is 1. The van der Waals surface area contributed by atoms with Gasteiger partial charge in [0.1, 0.15) is 0 Å². The van der Waals surface area contributed by atoms with Crippen LogP contribution in [0.15, 0.2) is 51.1 Å². The van der Waals surface area contributed by atoms with E-state index in [1.807, 2.05) is 31.2 Å². The van der Waals surface area contributed by atoms with Gasteiger partial charge in [-0.05, 0) is 58.7 Å². The third-order valence-electron chi connectivity index (χ3n) is 2.41. The maximum atomic E-state index is 5.87. The zero-order valence-electron chi connectivity index (χ0n) is 9.69. The largest absolute Gasteiger partial charge is 0.398 e. The summed E-state index contributed by atoms with van der Waals surface area (Å²) >= 11 is 9.26. The van der Waals surface area contributed by atoms with E-state index in [1.54, 1.807) is 12.1 Å². The van der Waals surface area contributed by atoms with E-state index in [9.17, 15) is 0 Å². The van der Waals surface area contributed by atoms with Crippen molar-refractivity contribution in [3.63, 3.8) is 0 Å². The second-order valence-corrected chi connectivity index (χ2v) is 5.13. The van der Waals surface area contributed by atoms with Gasteiger partial charge in [-0.15, -0.1) is 0 Å². The second-order valence-electron chi connectivity index (χ2n) is 3.84. The Hall–Kier alpha value is -1.39. The first kappa shape index (κ1) is 13.1. The molecule has 92 valence electrons. The lowest BCUT2D eigenvalue weighted by molar-refractivity contribution is 1.22. The van der Waals surface area contributed by atoms with E-state index in [1.165, 1.54) is 0 Å². The van der Waals surface area contributed by atoms with Gasteiger partial charge in [0.25, 0.3) is 0 Å². The highest BCUT2D eigenvalue weighted by Gasteiger charge is 2.02. The van der Waals surface area contributed by atoms with Crippen LogP contribution >= 0.6 is 27.5 Å². The fraction of sp³-hybridized carbons (Fsp3) is 0.0769. The molecule has 0 saturated carbocycles. The Balaban J connectivity index is 2.29. The van der Waals surface area contributed by atoms with Gasteiger partial charge in [0.2, 0.25) is 0 Å². The van der Waals surface area contributed by atoms with Crippen LogP contribution in [0.3, 0.4) is 0 Å². The van der Waals surface area contributed by atoms with Gasteiger partial charge in [-0.25, -0.2) is 0 Å². The summed E-state index contributed by atoms with van der Waals surface area (Å²) in [5.74, 6) is 0. The highest BCUT2D eigenvalue weighted by molar-refractivity contribution is 9.10. The summed E-state index contributed by atoms with van der Waals surface area (Å²) in [4.78, 5) is 0. The quantitative estimate of drug-likeness (QED) is 0.583. The first-order chi connectivity index (χ1) is 8.56. The molecule has 0 spiro atoms. The standard InChI is InChI=1S/C13H11BrClN3/c1-8-5-11(7-12(14)13(8)16)18-17-10-4-2-3-9(15)6-10/h2-7H,16H2,1H3. The molecule has 2 N–H and O–H groups in total. The van der Waals surface area contributed by atoms with Gasteiger partial charge in [-0.3, -0.25) is 0 Å². The lowest BCUT2D eigenvalue weighted by Crippen LogP contribution is -1.89. The third kappa shape index (κ3) is 3.09. The summed E-state index contributed by atoms with van der Waals surface area (Å²) in [7, 11) is 0. The van der Waals surface area contributed by atoms with Crippen molar-refractivity contribution in [2.45, 2.75) is 6.92 Å². The molecule has 2 aromatic rings. The van der Waals surface area contributed by atoms with Crippen molar-refractivity contribution in [1.29, 1.82) is 0 Å². The highest BCUT2D eigenvalue weighted by atomic mass is 79.9. The first-order valence-corrected chi connectivity index (χ1v) is 6.46. The number of hydrogen-bond acceptors (Lipinski definition) is 3. The summed E-state index contributed by atoms with van der Waals surface area (Å²) in [6.45, 7) is 1.93. The molecule has 0 atom stereocenters. The molecule has 2 aromatic carbocycles. The molecule has 0 heterocycles. The van der Waals surface area contributed by atoms with E-state index in [4.69, 9.17) is 17.3 Å². The molecule has 0 radical (unpaired) electrons. The maximum Gasteiger partial charge on any atom is 0.0872 e. The number of azo groups is 1. The Morgan fingerprint density at radius 2 is 1.83 bits per heavy atom. The monoisotopic (exact) mass is 323 g/mol. The summed E-state index contributed by atoms with van der Waals surface area (Å²) in [5, 5.41) is 8.93. The Morgan fingerprint density at radius 3 is 2.50 bits per heavy atom. The molecule has 0 saturated heterocycles. The van der Waals surface area contributed by atoms with Crippen LogP contribution in [0.1, 0.15) is 5.56 Å². The molecule has 18 heavy (non-hydrogen) atoms. The van der Waals surface area contributed by atoms with E-state index in [0.29, 0.717) is 10.7 Å². The van der Waals surface area contributed by atoms with Crippen molar-refractivity contribution in [3.8, 4) is 0 Å². The van der Waals surface area contributed by atoms with Crippen molar-refractivity contribution < 1.29 is 0 Å². The van der Waals surface area contributed by atoms with Crippen molar-refractivity contribution in [2.75, 3.05) is 5.73 Å². The minimum absolute atomic E-state index is 0.640. The number of nitrogens with zero attached hydrogens (tertiary/aromatic N) is 2. The van der Waals surface area contributed by atoms with Gasteiger partial charge in [0, 0.05) is 15.2 Å². The Labute approximate surface area is 119 Å². The lowest BCUT2D eigenvalue weighted by atomic mass is 10.2. The Morgan fingerprint density at radius 1 is 1.11 bits per heavy atom. The number of rotatable bonds is 2. The van der Waals surface area contributed by atoms with Crippen LogP contribution in [0.4, 0.5) is 17.1 Å². The van der Waals surface area contributed by atoms with Crippen molar-refractivity contribution >= 4 is 44.6 Å². The van der Waals surface area contributed by atoms with E-state index in [-0.39, 0.29) is 0 Å². The molecule has 0 aliphatic rings. The molecule has 2 rings (SSSR count). The van der Waals surface area contributed by atoms with Crippen LogP contribution in [-0.4, -0.2) is 0 Å².